The van der Waals surface area contributed by atoms with Crippen molar-refractivity contribution in [2.45, 2.75) is 13.0 Å². The highest BCUT2D eigenvalue weighted by Gasteiger charge is 2.25. The first-order valence-electron chi connectivity index (χ1n) is 5.98. The number of aryl methyl sites for hydroxylation is 1. The molecule has 0 spiro atoms. The molecule has 0 aromatic carbocycles. The van der Waals surface area contributed by atoms with Gasteiger partial charge in [0.1, 0.15) is 6.10 Å². The molecule has 6 heteroatoms. The van der Waals surface area contributed by atoms with Crippen LogP contribution in [0.15, 0.2) is 24.7 Å². The van der Waals surface area contributed by atoms with Crippen molar-refractivity contribution < 1.29 is 4.74 Å². The zero-order valence-corrected chi connectivity index (χ0v) is 10.2. The third-order valence-electron chi connectivity index (χ3n) is 3.09. The van der Waals surface area contributed by atoms with E-state index in [-0.39, 0.29) is 6.10 Å². The van der Waals surface area contributed by atoms with Crippen LogP contribution in [0.5, 0.6) is 0 Å². The summed E-state index contributed by atoms with van der Waals surface area (Å²) >= 11 is 0. The van der Waals surface area contributed by atoms with E-state index in [1.807, 2.05) is 19.2 Å². The molecule has 0 saturated carbocycles. The van der Waals surface area contributed by atoms with E-state index >= 15 is 0 Å². The first-order chi connectivity index (χ1) is 8.84. The van der Waals surface area contributed by atoms with Crippen molar-refractivity contribution in [1.29, 1.82) is 0 Å². The lowest BCUT2D eigenvalue weighted by molar-refractivity contribution is 0.0360. The largest absolute Gasteiger partial charge is 0.368 e. The summed E-state index contributed by atoms with van der Waals surface area (Å²) in [5.41, 5.74) is 2.16. The van der Waals surface area contributed by atoms with Gasteiger partial charge in [0.25, 0.3) is 0 Å². The molecule has 1 N–H and O–H groups in total. The quantitative estimate of drug-likeness (QED) is 0.857. The molecular formula is C12H15N5O. The normalized spacial score (nSPS) is 20.1. The van der Waals surface area contributed by atoms with Crippen molar-refractivity contribution in [2.75, 3.05) is 24.6 Å². The fraction of sp³-hybridized carbons (Fsp3) is 0.417. The molecule has 0 aliphatic carbocycles. The average molecular weight is 245 g/mol. The molecule has 2 aromatic rings. The fourth-order valence-electron chi connectivity index (χ4n) is 2.14. The van der Waals surface area contributed by atoms with E-state index in [4.69, 9.17) is 4.74 Å². The Balaban J connectivity index is 1.79. The van der Waals surface area contributed by atoms with Gasteiger partial charge in [-0.3, -0.25) is 5.10 Å². The molecule has 3 heterocycles. The van der Waals surface area contributed by atoms with Gasteiger partial charge in [-0.1, -0.05) is 0 Å². The van der Waals surface area contributed by atoms with Gasteiger partial charge in [-0.15, -0.1) is 0 Å². The minimum absolute atomic E-state index is 0.00468. The van der Waals surface area contributed by atoms with Gasteiger partial charge in [0, 0.05) is 18.9 Å². The topological polar surface area (TPSA) is 66.9 Å². The van der Waals surface area contributed by atoms with Crippen molar-refractivity contribution >= 4 is 5.95 Å². The number of nitrogens with one attached hydrogen (secondary N) is 1. The molecule has 0 amide bonds. The maximum absolute atomic E-state index is 5.79. The van der Waals surface area contributed by atoms with E-state index in [0.717, 1.165) is 30.3 Å². The Kier molecular flexibility index (Phi) is 2.93. The number of H-pyrrole nitrogens is 1. The number of hydrogen-bond donors (Lipinski definition) is 1. The van der Waals surface area contributed by atoms with Crippen LogP contribution >= 0.6 is 0 Å². The van der Waals surface area contributed by atoms with Gasteiger partial charge in [-0.2, -0.15) is 5.10 Å². The average Bonchev–Trinajstić information content (AvgIpc) is 2.86. The van der Waals surface area contributed by atoms with Crippen LogP contribution in [0, 0.1) is 6.92 Å². The smallest absolute Gasteiger partial charge is 0.225 e. The van der Waals surface area contributed by atoms with Crippen molar-refractivity contribution in [1.82, 2.24) is 20.2 Å². The highest BCUT2D eigenvalue weighted by atomic mass is 16.5. The second kappa shape index (κ2) is 4.73. The molecule has 1 atom stereocenters. The lowest BCUT2D eigenvalue weighted by atomic mass is 10.1. The summed E-state index contributed by atoms with van der Waals surface area (Å²) in [6.07, 6.45) is 5.34. The SMILES string of the molecule is Cc1cn[nH]c1[C@H]1CN(c2ncccn2)CCO1. The van der Waals surface area contributed by atoms with E-state index in [2.05, 4.69) is 25.1 Å². The maximum atomic E-state index is 5.79. The Morgan fingerprint density at radius 1 is 1.39 bits per heavy atom. The Bertz CT molecular complexity index is 512. The molecular weight excluding hydrogens is 230 g/mol. The Labute approximate surface area is 105 Å². The molecule has 2 aromatic heterocycles. The first kappa shape index (κ1) is 11.2. The number of anilines is 1. The minimum atomic E-state index is 0.00468. The number of rotatable bonds is 2. The first-order valence-corrected chi connectivity index (χ1v) is 5.98. The molecule has 1 aliphatic heterocycles. The van der Waals surface area contributed by atoms with Crippen molar-refractivity contribution in [3.05, 3.63) is 35.9 Å². The monoisotopic (exact) mass is 245 g/mol. The summed E-state index contributed by atoms with van der Waals surface area (Å²) in [5, 5.41) is 7.04. The second-order valence-corrected chi connectivity index (χ2v) is 4.32. The van der Waals surface area contributed by atoms with Gasteiger partial charge < -0.3 is 9.64 Å². The molecule has 18 heavy (non-hydrogen) atoms. The zero-order chi connectivity index (χ0) is 12.4. The minimum Gasteiger partial charge on any atom is -0.368 e. The molecule has 0 unspecified atom stereocenters. The van der Waals surface area contributed by atoms with Crippen LogP contribution in [-0.2, 0) is 4.74 Å². The lowest BCUT2D eigenvalue weighted by Gasteiger charge is -2.32. The van der Waals surface area contributed by atoms with Crippen LogP contribution in [0.3, 0.4) is 0 Å². The van der Waals surface area contributed by atoms with Crippen LogP contribution < -0.4 is 4.90 Å². The van der Waals surface area contributed by atoms with E-state index in [1.54, 1.807) is 12.4 Å². The summed E-state index contributed by atoms with van der Waals surface area (Å²) in [6.45, 7) is 4.25. The maximum Gasteiger partial charge on any atom is 0.225 e. The van der Waals surface area contributed by atoms with E-state index < -0.39 is 0 Å². The zero-order valence-electron chi connectivity index (χ0n) is 10.2. The summed E-state index contributed by atoms with van der Waals surface area (Å²) in [5.74, 6) is 0.753. The third kappa shape index (κ3) is 2.06. The molecule has 1 fully saturated rings. The summed E-state index contributed by atoms with van der Waals surface area (Å²) in [7, 11) is 0. The summed E-state index contributed by atoms with van der Waals surface area (Å²) in [6, 6.07) is 1.82. The van der Waals surface area contributed by atoms with Gasteiger partial charge in [0.2, 0.25) is 5.95 Å². The van der Waals surface area contributed by atoms with Gasteiger partial charge in [-0.05, 0) is 18.6 Å². The van der Waals surface area contributed by atoms with E-state index in [1.165, 1.54) is 0 Å². The molecule has 1 aliphatic rings. The summed E-state index contributed by atoms with van der Waals surface area (Å²) < 4.78 is 5.79. The molecule has 94 valence electrons. The molecule has 0 radical (unpaired) electrons. The Hall–Kier alpha value is -1.95. The van der Waals surface area contributed by atoms with Crippen molar-refractivity contribution in [3.8, 4) is 0 Å². The van der Waals surface area contributed by atoms with Gasteiger partial charge >= 0.3 is 0 Å². The van der Waals surface area contributed by atoms with Crippen LogP contribution in [0.2, 0.25) is 0 Å². The number of aromatic nitrogens is 4. The van der Waals surface area contributed by atoms with Gasteiger partial charge in [0.15, 0.2) is 0 Å². The van der Waals surface area contributed by atoms with Crippen LogP contribution in [0.25, 0.3) is 0 Å². The number of ether oxygens (including phenoxy) is 1. The lowest BCUT2D eigenvalue weighted by Crippen LogP contribution is -2.39. The standard InChI is InChI=1S/C12H15N5O/c1-9-7-15-16-11(9)10-8-17(5-6-18-10)12-13-3-2-4-14-12/h2-4,7,10H,5-6,8H2,1H3,(H,15,16)/t10-/m1/s1. The highest BCUT2D eigenvalue weighted by Crippen LogP contribution is 2.24. The number of nitrogens with zero attached hydrogens (tertiary/aromatic N) is 4. The van der Waals surface area contributed by atoms with Gasteiger partial charge in [-0.25, -0.2) is 9.97 Å². The molecule has 0 bridgehead atoms. The Morgan fingerprint density at radius 2 is 2.22 bits per heavy atom. The van der Waals surface area contributed by atoms with Crippen molar-refractivity contribution in [2.24, 2.45) is 0 Å². The van der Waals surface area contributed by atoms with Crippen LogP contribution in [0.4, 0.5) is 5.95 Å². The number of morpholine rings is 1. The highest BCUT2D eigenvalue weighted by molar-refractivity contribution is 5.31. The second-order valence-electron chi connectivity index (χ2n) is 4.32. The predicted octanol–water partition coefficient (Wildman–Crippen LogP) is 1.09. The van der Waals surface area contributed by atoms with E-state index in [0.29, 0.717) is 6.61 Å². The number of hydrogen-bond acceptors (Lipinski definition) is 5. The molecule has 3 rings (SSSR count). The molecule has 6 nitrogen and oxygen atoms in total. The van der Waals surface area contributed by atoms with Crippen LogP contribution in [-0.4, -0.2) is 39.9 Å². The number of aromatic amines is 1. The fourth-order valence-corrected chi connectivity index (χ4v) is 2.14. The van der Waals surface area contributed by atoms with Crippen molar-refractivity contribution in [3.63, 3.8) is 0 Å². The Morgan fingerprint density at radius 3 is 2.94 bits per heavy atom. The molecule has 1 saturated heterocycles. The van der Waals surface area contributed by atoms with Crippen LogP contribution in [0.1, 0.15) is 17.4 Å². The van der Waals surface area contributed by atoms with E-state index in [9.17, 15) is 0 Å². The van der Waals surface area contributed by atoms with Gasteiger partial charge in [0.05, 0.1) is 25.0 Å². The summed E-state index contributed by atoms with van der Waals surface area (Å²) in [4.78, 5) is 10.7. The predicted molar refractivity (Wildman–Crippen MR) is 66.3 cm³/mol. The third-order valence-corrected chi connectivity index (χ3v) is 3.09.